The van der Waals surface area contributed by atoms with Gasteiger partial charge in [0.15, 0.2) is 0 Å². The van der Waals surface area contributed by atoms with E-state index in [0.29, 0.717) is 28.4 Å². The average molecular weight is 425 g/mol. The Hall–Kier alpha value is -0.850. The third-order valence-electron chi connectivity index (χ3n) is 11.0. The van der Waals surface area contributed by atoms with Crippen LogP contribution in [0.15, 0.2) is 23.3 Å². The van der Waals surface area contributed by atoms with Crippen LogP contribution in [0.5, 0.6) is 0 Å². The van der Waals surface area contributed by atoms with Crippen molar-refractivity contribution in [3.8, 4) is 0 Å². The zero-order chi connectivity index (χ0) is 22.8. The van der Waals surface area contributed by atoms with Gasteiger partial charge in [-0.2, -0.15) is 0 Å². The van der Waals surface area contributed by atoms with Crippen molar-refractivity contribution in [3.05, 3.63) is 23.3 Å². The summed E-state index contributed by atoms with van der Waals surface area (Å²) in [6.07, 6.45) is 13.4. The molecule has 0 spiro atoms. The van der Waals surface area contributed by atoms with Gasteiger partial charge in [0.25, 0.3) is 0 Å². The van der Waals surface area contributed by atoms with Gasteiger partial charge < -0.3 is 0 Å². The van der Waals surface area contributed by atoms with E-state index in [2.05, 4.69) is 55.0 Å². The van der Waals surface area contributed by atoms with Crippen LogP contribution in [0.25, 0.3) is 0 Å². The molecule has 4 aliphatic carbocycles. The zero-order valence-corrected chi connectivity index (χ0v) is 21.6. The molecule has 0 aromatic rings. The van der Waals surface area contributed by atoms with Crippen molar-refractivity contribution in [2.45, 2.75) is 119 Å². The van der Waals surface area contributed by atoms with E-state index in [9.17, 15) is 4.79 Å². The Labute approximate surface area is 192 Å². The van der Waals surface area contributed by atoms with Gasteiger partial charge in [-0.15, -0.1) is 0 Å². The fraction of sp³-hybridized carbons (Fsp3) is 0.833. The first-order chi connectivity index (χ1) is 14.3. The minimum absolute atomic E-state index is 0.169. The normalized spacial score (nSPS) is 42.2. The number of Topliss-reactive ketones (excluding diaryl/α,β-unsaturated/α-hetero) is 1. The minimum Gasteiger partial charge on any atom is -0.299 e. The van der Waals surface area contributed by atoms with Crippen LogP contribution in [-0.4, -0.2) is 5.78 Å². The summed E-state index contributed by atoms with van der Waals surface area (Å²) in [5, 5.41) is 0. The summed E-state index contributed by atoms with van der Waals surface area (Å²) in [4.78, 5) is 12.8. The Bertz CT molecular complexity index is 795. The summed E-state index contributed by atoms with van der Waals surface area (Å²) < 4.78 is 0. The molecule has 1 nitrogen and oxygen atoms in total. The lowest BCUT2D eigenvalue weighted by Gasteiger charge is -2.57. The van der Waals surface area contributed by atoms with Crippen LogP contribution in [-0.2, 0) is 4.79 Å². The summed E-state index contributed by atoms with van der Waals surface area (Å²) in [5.74, 6) is 2.35. The molecule has 0 N–H and O–H groups in total. The molecule has 31 heavy (non-hydrogen) atoms. The zero-order valence-electron chi connectivity index (χ0n) is 21.6. The molecule has 3 fully saturated rings. The Morgan fingerprint density at radius 2 is 1.65 bits per heavy atom. The van der Waals surface area contributed by atoms with Crippen LogP contribution < -0.4 is 0 Å². The Kier molecular flexibility index (Phi) is 5.71. The number of carbonyl (C=O) groups excluding carboxylic acids is 1. The molecular weight excluding hydrogens is 376 g/mol. The quantitative estimate of drug-likeness (QED) is 0.414. The van der Waals surface area contributed by atoms with Crippen molar-refractivity contribution < 1.29 is 4.79 Å². The number of hydrogen-bond acceptors (Lipinski definition) is 1. The lowest BCUT2D eigenvalue weighted by Crippen LogP contribution is -2.53. The standard InChI is InChI=1S/C30H48O/c1-20-13-15-29(7)18-17-27(3,4)19-24(29)22(20)10-11-23-21(2)9-12-25-28(5,6)26(31)14-16-30(23,25)8/h23-25H,2,9-19H2,1,3-8H3. The van der Waals surface area contributed by atoms with Gasteiger partial charge in [-0.1, -0.05) is 64.8 Å². The fourth-order valence-electron chi connectivity index (χ4n) is 8.67. The van der Waals surface area contributed by atoms with Gasteiger partial charge in [0.2, 0.25) is 0 Å². The summed E-state index contributed by atoms with van der Waals surface area (Å²) in [7, 11) is 0. The Morgan fingerprint density at radius 3 is 2.35 bits per heavy atom. The second kappa shape index (κ2) is 7.59. The number of rotatable bonds is 3. The molecule has 4 rings (SSSR count). The minimum atomic E-state index is -0.169. The molecule has 1 heteroatoms. The van der Waals surface area contributed by atoms with E-state index in [1.165, 1.54) is 50.5 Å². The highest BCUT2D eigenvalue weighted by molar-refractivity contribution is 5.85. The molecule has 174 valence electrons. The van der Waals surface area contributed by atoms with E-state index >= 15 is 0 Å². The Morgan fingerprint density at radius 1 is 0.935 bits per heavy atom. The van der Waals surface area contributed by atoms with Crippen LogP contribution >= 0.6 is 0 Å². The lowest BCUT2D eigenvalue weighted by atomic mass is 9.46. The van der Waals surface area contributed by atoms with Gasteiger partial charge in [0.1, 0.15) is 5.78 Å². The Balaban J connectivity index is 1.58. The number of ketones is 1. The molecule has 5 unspecified atom stereocenters. The first-order valence-electron chi connectivity index (χ1n) is 13.2. The summed E-state index contributed by atoms with van der Waals surface area (Å²) in [6.45, 7) is 21.6. The molecule has 0 saturated heterocycles. The number of hydrogen-bond donors (Lipinski definition) is 0. The molecule has 0 aliphatic heterocycles. The van der Waals surface area contributed by atoms with Crippen LogP contribution in [0, 0.1) is 39.4 Å². The van der Waals surface area contributed by atoms with Crippen molar-refractivity contribution in [2.24, 2.45) is 39.4 Å². The molecule has 0 aromatic carbocycles. The lowest BCUT2D eigenvalue weighted by molar-refractivity contribution is -0.144. The highest BCUT2D eigenvalue weighted by Gasteiger charge is 2.56. The van der Waals surface area contributed by atoms with Crippen molar-refractivity contribution in [1.82, 2.24) is 0 Å². The molecular formula is C30H48O. The van der Waals surface area contributed by atoms with E-state index in [1.807, 2.05) is 5.57 Å². The predicted octanol–water partition coefficient (Wildman–Crippen LogP) is 8.69. The van der Waals surface area contributed by atoms with E-state index in [4.69, 9.17) is 0 Å². The SMILES string of the molecule is C=C1CCC2C(C)(C)C(=O)CCC2(C)C1CCC1=C(C)CCC2(C)CCC(C)(C)CC12. The van der Waals surface area contributed by atoms with Crippen LogP contribution in [0.3, 0.4) is 0 Å². The highest BCUT2D eigenvalue weighted by atomic mass is 16.1. The van der Waals surface area contributed by atoms with Crippen molar-refractivity contribution in [2.75, 3.05) is 0 Å². The number of carbonyl (C=O) groups is 1. The van der Waals surface area contributed by atoms with E-state index in [-0.39, 0.29) is 10.8 Å². The second-order valence-corrected chi connectivity index (χ2v) is 13.9. The van der Waals surface area contributed by atoms with Crippen molar-refractivity contribution in [3.63, 3.8) is 0 Å². The topological polar surface area (TPSA) is 17.1 Å². The maximum atomic E-state index is 12.8. The fourth-order valence-corrected chi connectivity index (χ4v) is 8.67. The summed E-state index contributed by atoms with van der Waals surface area (Å²) >= 11 is 0. The van der Waals surface area contributed by atoms with E-state index in [0.717, 1.165) is 31.6 Å². The maximum Gasteiger partial charge on any atom is 0.138 e. The van der Waals surface area contributed by atoms with Crippen molar-refractivity contribution >= 4 is 5.78 Å². The number of fused-ring (bicyclic) bond motifs is 2. The third-order valence-corrected chi connectivity index (χ3v) is 11.0. The number of allylic oxidation sites excluding steroid dienone is 3. The molecule has 0 heterocycles. The van der Waals surface area contributed by atoms with E-state index < -0.39 is 0 Å². The van der Waals surface area contributed by atoms with Gasteiger partial charge in [-0.25, -0.2) is 0 Å². The van der Waals surface area contributed by atoms with Crippen LogP contribution in [0.1, 0.15) is 119 Å². The van der Waals surface area contributed by atoms with Crippen LogP contribution in [0.2, 0.25) is 0 Å². The smallest absolute Gasteiger partial charge is 0.138 e. The summed E-state index contributed by atoms with van der Waals surface area (Å²) in [6, 6.07) is 0. The molecule has 0 amide bonds. The first kappa shape index (κ1) is 23.3. The molecule has 3 saturated carbocycles. The van der Waals surface area contributed by atoms with E-state index in [1.54, 1.807) is 5.57 Å². The van der Waals surface area contributed by atoms with Crippen LogP contribution in [0.4, 0.5) is 0 Å². The molecule has 0 radical (unpaired) electrons. The molecule has 5 atom stereocenters. The van der Waals surface area contributed by atoms with Gasteiger partial charge >= 0.3 is 0 Å². The first-order valence-corrected chi connectivity index (χ1v) is 13.2. The van der Waals surface area contributed by atoms with Gasteiger partial charge in [-0.05, 0) is 105 Å². The predicted molar refractivity (Wildman–Crippen MR) is 132 cm³/mol. The summed E-state index contributed by atoms with van der Waals surface area (Å²) in [5.41, 5.74) is 6.05. The van der Waals surface area contributed by atoms with Gasteiger partial charge in [-0.3, -0.25) is 4.79 Å². The third kappa shape index (κ3) is 3.80. The monoisotopic (exact) mass is 424 g/mol. The second-order valence-electron chi connectivity index (χ2n) is 13.9. The maximum absolute atomic E-state index is 12.8. The van der Waals surface area contributed by atoms with Gasteiger partial charge in [0.05, 0.1) is 0 Å². The largest absolute Gasteiger partial charge is 0.299 e. The van der Waals surface area contributed by atoms with Gasteiger partial charge in [0, 0.05) is 11.8 Å². The molecule has 4 aliphatic rings. The average Bonchev–Trinajstić information content (AvgIpc) is 2.67. The molecule has 0 bridgehead atoms. The molecule has 0 aromatic heterocycles. The highest BCUT2D eigenvalue weighted by Crippen LogP contribution is 2.62. The van der Waals surface area contributed by atoms with Crippen molar-refractivity contribution in [1.29, 1.82) is 0 Å².